The monoisotopic (exact) mass is 700 g/mol. The van der Waals surface area contributed by atoms with Crippen molar-refractivity contribution in [2.75, 3.05) is 7.11 Å². The lowest BCUT2D eigenvalue weighted by Crippen LogP contribution is -2.55. The zero-order chi connectivity index (χ0) is 37.3. The first kappa shape index (κ1) is 40.6. The van der Waals surface area contributed by atoms with Crippen LogP contribution in [0.25, 0.3) is 0 Å². The number of allylic oxidation sites excluding steroid dienone is 3. The normalized spacial score (nSPS) is 42.7. The molecule has 3 N–H and O–H groups in total. The molecular weight excluding hydrogens is 636 g/mol. The van der Waals surface area contributed by atoms with Gasteiger partial charge in [-0.1, -0.05) is 57.8 Å². The summed E-state index contributed by atoms with van der Waals surface area (Å²) in [5.74, 6) is -3.92. The average molecular weight is 701 g/mol. The van der Waals surface area contributed by atoms with Crippen LogP contribution in [0.4, 0.5) is 0 Å². The fraction of sp³-hybridized carbons (Fsp3) is 0.805. The summed E-state index contributed by atoms with van der Waals surface area (Å²) in [6.07, 6.45) is 3.32. The summed E-state index contributed by atoms with van der Waals surface area (Å²) in [5.41, 5.74) is -1.96. The van der Waals surface area contributed by atoms with E-state index in [1.807, 2.05) is 54.5 Å². The highest BCUT2D eigenvalue weighted by Crippen LogP contribution is 2.56. The lowest BCUT2D eigenvalue weighted by molar-refractivity contribution is -0.169. The summed E-state index contributed by atoms with van der Waals surface area (Å²) in [6.45, 7) is 15.0. The highest BCUT2D eigenvalue weighted by atomic mass is 16.5. The molecule has 4 aliphatic rings. The Labute approximate surface area is 299 Å². The molecule has 2 aliphatic carbocycles. The van der Waals surface area contributed by atoms with E-state index < -0.39 is 58.7 Å². The third-order valence-electron chi connectivity index (χ3n) is 13.0. The van der Waals surface area contributed by atoms with Crippen LogP contribution in [0.15, 0.2) is 22.8 Å². The van der Waals surface area contributed by atoms with E-state index in [0.29, 0.717) is 37.7 Å². The van der Waals surface area contributed by atoms with Crippen LogP contribution in [0, 0.1) is 40.9 Å². The molecule has 282 valence electrons. The van der Waals surface area contributed by atoms with Crippen molar-refractivity contribution in [1.29, 1.82) is 0 Å². The molecule has 0 aromatic heterocycles. The summed E-state index contributed by atoms with van der Waals surface area (Å²) in [4.78, 5) is 57.4. The molecule has 1 saturated heterocycles. The Morgan fingerprint density at radius 1 is 0.960 bits per heavy atom. The molecule has 2 aliphatic heterocycles. The minimum atomic E-state index is -1.70. The van der Waals surface area contributed by atoms with Crippen LogP contribution in [-0.4, -0.2) is 75.3 Å². The molecule has 4 rings (SSSR count). The molecule has 9 heteroatoms. The van der Waals surface area contributed by atoms with Crippen molar-refractivity contribution in [2.24, 2.45) is 40.9 Å². The van der Waals surface area contributed by atoms with Crippen LogP contribution in [0.2, 0.25) is 0 Å². The molecule has 0 spiro atoms. The SMILES string of the molecule is COC(=O)[C@]12CC(=O)[C@H](C(C)C)CC(=O)[C@H](C)CCC[C@H](C)CC(=O)[C@H]1CC(C)=C1[C@H](O)C[C@](C)(O)[C@@H]3CC[C@](C)(O3)[C@H](O)CC/C(C)=C/[C@@H]12. The smallest absolute Gasteiger partial charge is 0.313 e. The van der Waals surface area contributed by atoms with Crippen LogP contribution < -0.4 is 0 Å². The van der Waals surface area contributed by atoms with Gasteiger partial charge in [-0.3, -0.25) is 19.2 Å². The number of ether oxygens (including phenoxy) is 2. The molecule has 11 atom stereocenters. The minimum absolute atomic E-state index is 0.00387. The maximum Gasteiger partial charge on any atom is 0.313 e. The summed E-state index contributed by atoms with van der Waals surface area (Å²) in [5, 5.41) is 35.4. The molecule has 0 aromatic carbocycles. The van der Waals surface area contributed by atoms with Crippen molar-refractivity contribution < 1.29 is 44.0 Å². The van der Waals surface area contributed by atoms with Gasteiger partial charge in [0.1, 0.15) is 17.3 Å². The van der Waals surface area contributed by atoms with E-state index in [9.17, 15) is 34.5 Å². The number of fused-ring (bicyclic) bond motifs is 5. The molecule has 0 radical (unpaired) electrons. The molecule has 1 saturated carbocycles. The maximum absolute atomic E-state index is 14.7. The van der Waals surface area contributed by atoms with Crippen molar-refractivity contribution in [3.63, 3.8) is 0 Å². The second-order valence-electron chi connectivity index (χ2n) is 17.4. The van der Waals surface area contributed by atoms with Crippen LogP contribution in [0.1, 0.15) is 132 Å². The molecule has 9 nitrogen and oxygen atoms in total. The minimum Gasteiger partial charge on any atom is -0.469 e. The van der Waals surface area contributed by atoms with E-state index in [2.05, 4.69) is 0 Å². The molecule has 0 aromatic rings. The predicted molar refractivity (Wildman–Crippen MR) is 191 cm³/mol. The van der Waals surface area contributed by atoms with E-state index in [1.165, 1.54) is 7.11 Å². The van der Waals surface area contributed by atoms with E-state index in [1.54, 1.807) is 6.92 Å². The van der Waals surface area contributed by atoms with Crippen molar-refractivity contribution in [3.05, 3.63) is 22.8 Å². The Morgan fingerprint density at radius 2 is 1.64 bits per heavy atom. The van der Waals surface area contributed by atoms with Crippen molar-refractivity contribution in [3.8, 4) is 0 Å². The Hall–Kier alpha value is -2.20. The molecule has 2 fully saturated rings. The first-order chi connectivity index (χ1) is 23.3. The number of esters is 1. The number of carbonyl (C=O) groups is 4. The molecule has 0 amide bonds. The summed E-state index contributed by atoms with van der Waals surface area (Å²) < 4.78 is 11.9. The lowest BCUT2D eigenvalue weighted by atomic mass is 9.52. The number of methoxy groups -OCH3 is 1. The number of hydrogen-bond donors (Lipinski definition) is 3. The van der Waals surface area contributed by atoms with Crippen LogP contribution in [-0.2, 0) is 28.7 Å². The largest absolute Gasteiger partial charge is 0.469 e. The standard InChI is InChI=1S/C41H64O9/c1-23(2)28-20-31(42)26(5)12-10-11-24(3)18-32(43)29-19-27(6)37-30(41(29,22-33(28)44)38(47)49-9)17-25(4)13-14-35(46)40(8)16-15-36(50-40)39(7,48)21-34(37)45/h17,23-24,26,28-30,34-36,45-46,48H,10-16,18-22H2,1-9H3/b25-17+/t24-,26+,28-,29+,30-,34+,35+,36-,39-,40-,41+/m0/s1. The number of hydrogen-bond acceptors (Lipinski definition) is 9. The number of Topliss-reactive ketones (excluding diaryl/α,β-unsaturated/α-hetero) is 3. The molecule has 50 heavy (non-hydrogen) atoms. The average Bonchev–Trinajstić information content (AvgIpc) is 3.45. The van der Waals surface area contributed by atoms with Gasteiger partial charge >= 0.3 is 5.97 Å². The number of ketones is 3. The van der Waals surface area contributed by atoms with Gasteiger partial charge in [-0.25, -0.2) is 0 Å². The second-order valence-corrected chi connectivity index (χ2v) is 17.4. The highest BCUT2D eigenvalue weighted by molar-refractivity contribution is 5.97. The Bertz CT molecular complexity index is 1360. The topological polar surface area (TPSA) is 147 Å². The van der Waals surface area contributed by atoms with Crippen molar-refractivity contribution >= 4 is 23.3 Å². The van der Waals surface area contributed by atoms with Gasteiger partial charge in [0.05, 0.1) is 42.0 Å². The number of aliphatic hydroxyl groups excluding tert-OH is 2. The lowest BCUT2D eigenvalue weighted by Gasteiger charge is -2.49. The fourth-order valence-electron chi connectivity index (χ4n) is 9.56. The van der Waals surface area contributed by atoms with Gasteiger partial charge in [0.2, 0.25) is 0 Å². The zero-order valence-electron chi connectivity index (χ0n) is 32.0. The Morgan fingerprint density at radius 3 is 2.28 bits per heavy atom. The predicted octanol–water partition coefficient (Wildman–Crippen LogP) is 6.25. The Kier molecular flexibility index (Phi) is 12.8. The molecule has 0 unspecified atom stereocenters. The quantitative estimate of drug-likeness (QED) is 0.225. The van der Waals surface area contributed by atoms with Gasteiger partial charge in [-0.05, 0) is 83.6 Å². The van der Waals surface area contributed by atoms with Gasteiger partial charge in [0, 0.05) is 49.4 Å². The van der Waals surface area contributed by atoms with Crippen LogP contribution in [0.3, 0.4) is 0 Å². The van der Waals surface area contributed by atoms with Crippen molar-refractivity contribution in [1.82, 2.24) is 0 Å². The fourth-order valence-corrected chi connectivity index (χ4v) is 9.56. The third-order valence-corrected chi connectivity index (χ3v) is 13.0. The van der Waals surface area contributed by atoms with Gasteiger partial charge < -0.3 is 24.8 Å². The summed E-state index contributed by atoms with van der Waals surface area (Å²) in [6, 6.07) is 0. The van der Waals surface area contributed by atoms with Gasteiger partial charge in [-0.2, -0.15) is 0 Å². The summed E-state index contributed by atoms with van der Waals surface area (Å²) >= 11 is 0. The van der Waals surface area contributed by atoms with E-state index in [4.69, 9.17) is 9.47 Å². The molecule has 2 bridgehead atoms. The number of aliphatic hydroxyl groups is 3. The zero-order valence-corrected chi connectivity index (χ0v) is 32.0. The number of carbonyl (C=O) groups excluding carboxylic acids is 4. The molecular formula is C41H64O9. The van der Waals surface area contributed by atoms with E-state index in [0.717, 1.165) is 24.0 Å². The number of rotatable bonds is 2. The van der Waals surface area contributed by atoms with Crippen LogP contribution in [0.5, 0.6) is 0 Å². The summed E-state index contributed by atoms with van der Waals surface area (Å²) in [7, 11) is 1.27. The van der Waals surface area contributed by atoms with Gasteiger partial charge in [-0.15, -0.1) is 0 Å². The Balaban J connectivity index is 1.98. The van der Waals surface area contributed by atoms with E-state index >= 15 is 0 Å². The molecule has 2 heterocycles. The first-order valence-corrected chi connectivity index (χ1v) is 19.1. The van der Waals surface area contributed by atoms with Gasteiger partial charge in [0.15, 0.2) is 0 Å². The van der Waals surface area contributed by atoms with Crippen LogP contribution >= 0.6 is 0 Å². The maximum atomic E-state index is 14.7. The third kappa shape index (κ3) is 8.21. The van der Waals surface area contributed by atoms with Gasteiger partial charge in [0.25, 0.3) is 0 Å². The first-order valence-electron chi connectivity index (χ1n) is 19.1. The second kappa shape index (κ2) is 15.8. The van der Waals surface area contributed by atoms with E-state index in [-0.39, 0.29) is 67.2 Å². The van der Waals surface area contributed by atoms with Crippen molar-refractivity contribution in [2.45, 2.75) is 162 Å². The highest BCUT2D eigenvalue weighted by Gasteiger charge is 2.60.